The molecule has 3 aromatic carbocycles. The first-order chi connectivity index (χ1) is 16.1. The largest absolute Gasteiger partial charge is 0.481 e. The van der Waals surface area contributed by atoms with Gasteiger partial charge in [-0.2, -0.15) is 0 Å². The number of ether oxygens (including phenoxy) is 1. The number of nitrogens with zero attached hydrogens (tertiary/aromatic N) is 1. The van der Waals surface area contributed by atoms with E-state index in [-0.39, 0.29) is 25.5 Å². The minimum absolute atomic E-state index is 0.0565. The highest BCUT2D eigenvalue weighted by molar-refractivity contribution is 5.79. The molecule has 1 atom stereocenters. The zero-order valence-electron chi connectivity index (χ0n) is 18.4. The van der Waals surface area contributed by atoms with E-state index in [4.69, 9.17) is 4.74 Å². The van der Waals surface area contributed by atoms with Crippen LogP contribution in [0.2, 0.25) is 0 Å². The van der Waals surface area contributed by atoms with E-state index in [9.17, 15) is 14.7 Å². The molecule has 0 fully saturated rings. The molecular weight excluding hydrogens is 414 g/mol. The number of hydrogen-bond donors (Lipinski definition) is 1. The maximum absolute atomic E-state index is 13.2. The lowest BCUT2D eigenvalue weighted by Crippen LogP contribution is -2.43. The van der Waals surface area contributed by atoms with Crippen LogP contribution in [0.4, 0.5) is 4.79 Å². The Bertz CT molecular complexity index is 1100. The molecule has 0 radical (unpaired) electrons. The van der Waals surface area contributed by atoms with Gasteiger partial charge in [-0.15, -0.1) is 6.58 Å². The molecule has 1 aliphatic rings. The van der Waals surface area contributed by atoms with Gasteiger partial charge in [0.2, 0.25) is 0 Å². The number of carbonyl (C=O) groups excluding carboxylic acids is 1. The number of carboxylic acids is 1. The smallest absolute Gasteiger partial charge is 0.410 e. The Labute approximate surface area is 193 Å². The van der Waals surface area contributed by atoms with E-state index in [0.29, 0.717) is 6.42 Å². The van der Waals surface area contributed by atoms with E-state index >= 15 is 0 Å². The number of aliphatic carboxylic acids is 1. The highest BCUT2D eigenvalue weighted by atomic mass is 16.6. The van der Waals surface area contributed by atoms with E-state index in [2.05, 4.69) is 30.8 Å². The van der Waals surface area contributed by atoms with Gasteiger partial charge in [0.05, 0.1) is 6.42 Å². The van der Waals surface area contributed by atoms with Crippen molar-refractivity contribution in [3.8, 4) is 11.1 Å². The molecule has 0 saturated carbocycles. The Morgan fingerprint density at radius 3 is 2.09 bits per heavy atom. The van der Waals surface area contributed by atoms with Gasteiger partial charge in [-0.1, -0.05) is 84.9 Å². The van der Waals surface area contributed by atoms with Gasteiger partial charge in [-0.05, 0) is 34.2 Å². The van der Waals surface area contributed by atoms with Gasteiger partial charge in [-0.25, -0.2) is 4.79 Å². The lowest BCUT2D eigenvalue weighted by atomic mass is 9.98. The molecule has 0 aliphatic heterocycles. The molecule has 0 bridgehead atoms. The Balaban J connectivity index is 1.53. The van der Waals surface area contributed by atoms with Gasteiger partial charge in [-0.3, -0.25) is 4.79 Å². The molecule has 1 aliphatic carbocycles. The average molecular weight is 442 g/mol. The fraction of sp³-hybridized carbons (Fsp3) is 0.214. The monoisotopic (exact) mass is 441 g/mol. The summed E-state index contributed by atoms with van der Waals surface area (Å²) in [6, 6.07) is 25.3. The lowest BCUT2D eigenvalue weighted by molar-refractivity contribution is -0.138. The molecule has 1 N–H and O–H groups in total. The van der Waals surface area contributed by atoms with Crippen molar-refractivity contribution in [2.45, 2.75) is 24.8 Å². The minimum atomic E-state index is -0.962. The van der Waals surface area contributed by atoms with Crippen LogP contribution < -0.4 is 0 Å². The zero-order chi connectivity index (χ0) is 23.2. The first kappa shape index (κ1) is 22.3. The maximum Gasteiger partial charge on any atom is 0.410 e. The quantitative estimate of drug-likeness (QED) is 0.445. The fourth-order valence-electron chi connectivity index (χ4n) is 4.57. The number of carbonyl (C=O) groups is 2. The second-order valence-corrected chi connectivity index (χ2v) is 8.19. The van der Waals surface area contributed by atoms with Crippen molar-refractivity contribution in [3.63, 3.8) is 0 Å². The minimum Gasteiger partial charge on any atom is -0.481 e. The van der Waals surface area contributed by atoms with E-state index < -0.39 is 18.1 Å². The van der Waals surface area contributed by atoms with Crippen molar-refractivity contribution in [3.05, 3.63) is 108 Å². The molecule has 3 aromatic rings. The number of benzene rings is 3. The van der Waals surface area contributed by atoms with Gasteiger partial charge in [0, 0.05) is 18.5 Å². The third-order valence-corrected chi connectivity index (χ3v) is 6.06. The second-order valence-electron chi connectivity index (χ2n) is 8.19. The van der Waals surface area contributed by atoms with Crippen molar-refractivity contribution in [1.29, 1.82) is 0 Å². The van der Waals surface area contributed by atoms with E-state index in [1.165, 1.54) is 4.90 Å². The Morgan fingerprint density at radius 2 is 1.52 bits per heavy atom. The van der Waals surface area contributed by atoms with Crippen LogP contribution in [0.1, 0.15) is 29.0 Å². The molecule has 5 heteroatoms. The topological polar surface area (TPSA) is 66.8 Å². The molecule has 168 valence electrons. The van der Waals surface area contributed by atoms with Crippen LogP contribution >= 0.6 is 0 Å². The standard InChI is InChI=1S/C28H27NO4/c1-2-16-29(21(18-27(30)31)17-20-10-4-3-5-11-20)28(32)33-19-26-24-14-8-6-12-22(24)23-13-7-9-15-25(23)26/h2-15,21,26H,1,16-19H2,(H,30,31)/t21-/m0/s1. The molecule has 4 rings (SSSR count). The Morgan fingerprint density at radius 1 is 0.939 bits per heavy atom. The molecule has 5 nitrogen and oxygen atoms in total. The lowest BCUT2D eigenvalue weighted by Gasteiger charge is -2.30. The predicted octanol–water partition coefficient (Wildman–Crippen LogP) is 5.51. The predicted molar refractivity (Wildman–Crippen MR) is 128 cm³/mol. The van der Waals surface area contributed by atoms with Gasteiger partial charge >= 0.3 is 12.1 Å². The fourth-order valence-corrected chi connectivity index (χ4v) is 4.57. The summed E-state index contributed by atoms with van der Waals surface area (Å²) in [5.41, 5.74) is 5.54. The van der Waals surface area contributed by atoms with E-state index in [1.807, 2.05) is 54.6 Å². The summed E-state index contributed by atoms with van der Waals surface area (Å²) in [7, 11) is 0. The Hall–Kier alpha value is -3.86. The summed E-state index contributed by atoms with van der Waals surface area (Å²) >= 11 is 0. The molecule has 1 amide bonds. The second kappa shape index (κ2) is 10.2. The molecule has 0 heterocycles. The number of carboxylic acid groups (broad SMARTS) is 1. The van der Waals surface area contributed by atoms with Crippen LogP contribution in [-0.2, 0) is 16.0 Å². The SMILES string of the molecule is C=CCN(C(=O)OCC1c2ccccc2-c2ccccc21)[C@H](CC(=O)O)Cc1ccccc1. The van der Waals surface area contributed by atoms with Crippen molar-refractivity contribution in [2.75, 3.05) is 13.2 Å². The number of amides is 1. The maximum atomic E-state index is 13.2. The molecule has 0 unspecified atom stereocenters. The van der Waals surface area contributed by atoms with Crippen LogP contribution in [0, 0.1) is 0 Å². The summed E-state index contributed by atoms with van der Waals surface area (Å²) in [5, 5.41) is 9.48. The molecule has 0 aromatic heterocycles. The summed E-state index contributed by atoms with van der Waals surface area (Å²) < 4.78 is 5.80. The normalized spacial score (nSPS) is 13.0. The average Bonchev–Trinajstić information content (AvgIpc) is 3.15. The van der Waals surface area contributed by atoms with Crippen molar-refractivity contribution >= 4 is 12.1 Å². The summed E-state index contributed by atoms with van der Waals surface area (Å²) in [4.78, 5) is 26.2. The van der Waals surface area contributed by atoms with E-state index in [0.717, 1.165) is 27.8 Å². The number of fused-ring (bicyclic) bond motifs is 3. The molecule has 0 saturated heterocycles. The Kier molecular flexibility index (Phi) is 6.89. The van der Waals surface area contributed by atoms with E-state index in [1.54, 1.807) is 6.08 Å². The van der Waals surface area contributed by atoms with Gasteiger partial charge in [0.25, 0.3) is 0 Å². The van der Waals surface area contributed by atoms with Crippen molar-refractivity contribution < 1.29 is 19.4 Å². The third kappa shape index (κ3) is 4.98. The van der Waals surface area contributed by atoms with Crippen LogP contribution in [0.25, 0.3) is 11.1 Å². The molecule has 33 heavy (non-hydrogen) atoms. The first-order valence-corrected chi connectivity index (χ1v) is 11.1. The highest BCUT2D eigenvalue weighted by Crippen LogP contribution is 2.44. The van der Waals surface area contributed by atoms with Gasteiger partial charge < -0.3 is 14.7 Å². The molecular formula is C28H27NO4. The van der Waals surface area contributed by atoms with Gasteiger partial charge in [0.15, 0.2) is 0 Å². The summed E-state index contributed by atoms with van der Waals surface area (Å²) in [6.07, 6.45) is 1.32. The summed E-state index contributed by atoms with van der Waals surface area (Å²) in [5.74, 6) is -1.02. The van der Waals surface area contributed by atoms with Gasteiger partial charge in [0.1, 0.15) is 6.61 Å². The van der Waals surface area contributed by atoms with Crippen molar-refractivity contribution in [1.82, 2.24) is 4.90 Å². The van der Waals surface area contributed by atoms with Crippen LogP contribution in [0.3, 0.4) is 0 Å². The van der Waals surface area contributed by atoms with Crippen LogP contribution in [-0.4, -0.2) is 41.3 Å². The zero-order valence-corrected chi connectivity index (χ0v) is 18.4. The first-order valence-electron chi connectivity index (χ1n) is 11.1. The number of hydrogen-bond acceptors (Lipinski definition) is 3. The van der Waals surface area contributed by atoms with Crippen LogP contribution in [0.15, 0.2) is 91.5 Å². The van der Waals surface area contributed by atoms with Crippen LogP contribution in [0.5, 0.6) is 0 Å². The number of rotatable bonds is 9. The third-order valence-electron chi connectivity index (χ3n) is 6.06. The van der Waals surface area contributed by atoms with Crippen molar-refractivity contribution in [2.24, 2.45) is 0 Å². The highest BCUT2D eigenvalue weighted by Gasteiger charge is 2.31. The molecule has 0 spiro atoms. The summed E-state index contributed by atoms with van der Waals surface area (Å²) in [6.45, 7) is 4.15.